The minimum absolute atomic E-state index is 0.155. The lowest BCUT2D eigenvalue weighted by Gasteiger charge is -2.38. The molecule has 2 saturated heterocycles. The van der Waals surface area contributed by atoms with Crippen molar-refractivity contribution in [1.82, 2.24) is 19.2 Å². The van der Waals surface area contributed by atoms with Gasteiger partial charge < -0.3 is 19.7 Å². The first-order chi connectivity index (χ1) is 23.3. The lowest BCUT2D eigenvalue weighted by atomic mass is 10.1. The molecule has 4 heterocycles. The molecule has 0 radical (unpaired) electrons. The number of benzene rings is 2. The zero-order valence-electron chi connectivity index (χ0n) is 26.0. The standard InChI is InChI=1S/C32H29F7N6O4/c1-42-27(25-22(33)14-20(48-2)15-23(25)34)26(41-29(46)17-5-7-19(8-6-17)49-31(35)36)30(47)45(42)28-21(32(37,38)39)9-10-24(40-28)44-13-12-43-11-3-4-18(43)16-44/h5-10,14-15,18,31H,3-4,11-13,16H2,1-2H3,(H,41,46)/t18-/m1/s1. The van der Waals surface area contributed by atoms with E-state index in [0.29, 0.717) is 24.3 Å². The lowest BCUT2D eigenvalue weighted by molar-refractivity contribution is -0.137. The molecule has 17 heteroatoms. The van der Waals surface area contributed by atoms with Crippen molar-refractivity contribution in [2.45, 2.75) is 31.7 Å². The van der Waals surface area contributed by atoms with Crippen molar-refractivity contribution in [1.29, 1.82) is 0 Å². The number of carbonyl (C=O) groups excluding carboxylic acids is 1. The Morgan fingerprint density at radius 3 is 2.33 bits per heavy atom. The first-order valence-electron chi connectivity index (χ1n) is 15.1. The molecule has 1 atom stereocenters. The second-order valence-corrected chi connectivity index (χ2v) is 11.5. The van der Waals surface area contributed by atoms with Gasteiger partial charge in [0, 0.05) is 50.4 Å². The number of piperazine rings is 1. The van der Waals surface area contributed by atoms with Gasteiger partial charge in [0.15, 0.2) is 5.82 Å². The van der Waals surface area contributed by atoms with E-state index in [4.69, 9.17) is 4.74 Å². The van der Waals surface area contributed by atoms with Gasteiger partial charge in [0.05, 0.1) is 12.7 Å². The van der Waals surface area contributed by atoms with E-state index in [1.54, 1.807) is 0 Å². The molecule has 49 heavy (non-hydrogen) atoms. The Morgan fingerprint density at radius 2 is 1.69 bits per heavy atom. The van der Waals surface area contributed by atoms with Crippen LogP contribution in [-0.4, -0.2) is 71.1 Å². The Labute approximate surface area is 274 Å². The number of methoxy groups -OCH3 is 1. The number of pyridine rings is 1. The van der Waals surface area contributed by atoms with E-state index < -0.39 is 64.2 Å². The molecule has 1 amide bonds. The maximum atomic E-state index is 15.5. The van der Waals surface area contributed by atoms with Crippen LogP contribution in [0.2, 0.25) is 0 Å². The molecule has 1 N–H and O–H groups in total. The number of hydrogen-bond donors (Lipinski definition) is 1. The first kappa shape index (κ1) is 33.8. The Morgan fingerprint density at radius 1 is 1.00 bits per heavy atom. The molecule has 2 aliphatic rings. The third kappa shape index (κ3) is 6.54. The molecule has 10 nitrogen and oxygen atoms in total. The van der Waals surface area contributed by atoms with E-state index in [2.05, 4.69) is 19.9 Å². The van der Waals surface area contributed by atoms with Crippen LogP contribution in [-0.2, 0) is 13.2 Å². The molecule has 0 spiro atoms. The fraction of sp³-hybridized carbons (Fsp3) is 0.344. The SMILES string of the molecule is COc1cc(F)c(-c2c(NC(=O)c3ccc(OC(F)F)cc3)c(=O)n(-c3nc(N4CCN5CCC[C@@H]5C4)ccc3C(F)(F)F)n2C)c(F)c1. The molecular formula is C32H29F7N6O4. The lowest BCUT2D eigenvalue weighted by Crippen LogP contribution is -2.50. The monoisotopic (exact) mass is 694 g/mol. The summed E-state index contributed by atoms with van der Waals surface area (Å²) in [5, 5.41) is 2.26. The second kappa shape index (κ2) is 13.1. The van der Waals surface area contributed by atoms with Crippen LogP contribution in [0, 0.1) is 11.6 Å². The number of nitrogens with zero attached hydrogens (tertiary/aromatic N) is 5. The van der Waals surface area contributed by atoms with Crippen LogP contribution in [0.5, 0.6) is 11.5 Å². The molecule has 2 fully saturated rings. The van der Waals surface area contributed by atoms with Crippen molar-refractivity contribution >= 4 is 17.4 Å². The maximum absolute atomic E-state index is 15.5. The molecular weight excluding hydrogens is 665 g/mol. The number of halogens is 7. The fourth-order valence-corrected chi connectivity index (χ4v) is 6.31. The topological polar surface area (TPSA) is 93.9 Å². The van der Waals surface area contributed by atoms with Crippen LogP contribution in [0.4, 0.5) is 42.2 Å². The van der Waals surface area contributed by atoms with E-state index >= 15 is 8.78 Å². The fourth-order valence-electron chi connectivity index (χ4n) is 6.31. The van der Waals surface area contributed by atoms with Crippen molar-refractivity contribution in [2.75, 3.05) is 43.5 Å². The molecule has 0 bridgehead atoms. The summed E-state index contributed by atoms with van der Waals surface area (Å²) in [6, 6.07) is 8.04. The molecule has 260 valence electrons. The zero-order chi connectivity index (χ0) is 35.2. The minimum Gasteiger partial charge on any atom is -0.497 e. The highest BCUT2D eigenvalue weighted by atomic mass is 19.4. The number of anilines is 2. The van der Waals surface area contributed by atoms with E-state index in [9.17, 15) is 31.5 Å². The Bertz CT molecular complexity index is 1920. The second-order valence-electron chi connectivity index (χ2n) is 11.5. The number of nitrogens with one attached hydrogen (secondary N) is 1. The normalized spacial score (nSPS) is 16.6. The number of amides is 1. The first-order valence-corrected chi connectivity index (χ1v) is 15.1. The highest BCUT2D eigenvalue weighted by Crippen LogP contribution is 2.38. The highest BCUT2D eigenvalue weighted by molar-refractivity contribution is 6.06. The minimum atomic E-state index is -5.02. The molecule has 0 aliphatic carbocycles. The molecule has 2 aliphatic heterocycles. The van der Waals surface area contributed by atoms with Crippen LogP contribution in [0.15, 0.2) is 53.3 Å². The van der Waals surface area contributed by atoms with Gasteiger partial charge in [0.2, 0.25) is 0 Å². The number of alkyl halides is 5. The summed E-state index contributed by atoms with van der Waals surface area (Å²) < 4.78 is 110. The average molecular weight is 695 g/mol. The van der Waals surface area contributed by atoms with Crippen molar-refractivity contribution in [3.8, 4) is 28.6 Å². The third-order valence-electron chi connectivity index (χ3n) is 8.61. The summed E-state index contributed by atoms with van der Waals surface area (Å²) in [5.41, 5.74) is -5.03. The molecule has 6 rings (SSSR count). The molecule has 2 aromatic carbocycles. The Kier molecular flexibility index (Phi) is 9.04. The summed E-state index contributed by atoms with van der Waals surface area (Å²) in [4.78, 5) is 35.8. The molecule has 0 unspecified atom stereocenters. The predicted molar refractivity (Wildman–Crippen MR) is 164 cm³/mol. The number of ether oxygens (including phenoxy) is 2. The van der Waals surface area contributed by atoms with Crippen LogP contribution < -0.4 is 25.2 Å². The van der Waals surface area contributed by atoms with Gasteiger partial charge in [-0.05, 0) is 55.8 Å². The molecule has 4 aromatic rings. The number of aromatic nitrogens is 3. The number of carbonyl (C=O) groups is 1. The smallest absolute Gasteiger partial charge is 0.420 e. The average Bonchev–Trinajstić information content (AvgIpc) is 3.61. The third-order valence-corrected chi connectivity index (χ3v) is 8.61. The van der Waals surface area contributed by atoms with Crippen LogP contribution in [0.25, 0.3) is 17.1 Å². The quantitative estimate of drug-likeness (QED) is 0.237. The maximum Gasteiger partial charge on any atom is 0.420 e. The van der Waals surface area contributed by atoms with E-state index in [1.807, 2.05) is 4.90 Å². The largest absolute Gasteiger partial charge is 0.497 e. The van der Waals surface area contributed by atoms with Gasteiger partial charge in [-0.1, -0.05) is 0 Å². The van der Waals surface area contributed by atoms with Crippen LogP contribution in [0.3, 0.4) is 0 Å². The Hall–Kier alpha value is -5.06. The molecule has 2 aromatic heterocycles. The van der Waals surface area contributed by atoms with Crippen molar-refractivity contribution in [3.05, 3.63) is 81.6 Å². The van der Waals surface area contributed by atoms with Gasteiger partial charge in [-0.25, -0.2) is 13.8 Å². The van der Waals surface area contributed by atoms with E-state index in [0.717, 1.165) is 80.7 Å². The van der Waals surface area contributed by atoms with Crippen LogP contribution >= 0.6 is 0 Å². The summed E-state index contributed by atoms with van der Waals surface area (Å²) in [7, 11) is 2.26. The number of hydrogen-bond acceptors (Lipinski definition) is 7. The van der Waals surface area contributed by atoms with Gasteiger partial charge >= 0.3 is 12.8 Å². The summed E-state index contributed by atoms with van der Waals surface area (Å²) in [6.07, 6.45) is -3.11. The highest BCUT2D eigenvalue weighted by Gasteiger charge is 2.39. The van der Waals surface area contributed by atoms with Crippen molar-refractivity contribution < 1.29 is 45.0 Å². The van der Waals surface area contributed by atoms with Crippen molar-refractivity contribution in [2.24, 2.45) is 7.05 Å². The summed E-state index contributed by atoms with van der Waals surface area (Å²) in [5.74, 6) is -4.77. The van der Waals surface area contributed by atoms with Crippen molar-refractivity contribution in [3.63, 3.8) is 0 Å². The number of fused-ring (bicyclic) bond motifs is 1. The van der Waals surface area contributed by atoms with E-state index in [1.165, 1.54) is 6.07 Å². The van der Waals surface area contributed by atoms with Crippen LogP contribution in [0.1, 0.15) is 28.8 Å². The van der Waals surface area contributed by atoms with Gasteiger partial charge in [0.1, 0.15) is 45.9 Å². The number of rotatable bonds is 8. The van der Waals surface area contributed by atoms with E-state index in [-0.39, 0.29) is 28.9 Å². The Balaban J connectivity index is 1.51. The summed E-state index contributed by atoms with van der Waals surface area (Å²) in [6.45, 7) is -0.590. The van der Waals surface area contributed by atoms with Gasteiger partial charge in [-0.3, -0.25) is 19.2 Å². The van der Waals surface area contributed by atoms with Gasteiger partial charge in [0.25, 0.3) is 11.5 Å². The van der Waals surface area contributed by atoms with Gasteiger partial charge in [-0.15, -0.1) is 0 Å². The predicted octanol–water partition coefficient (Wildman–Crippen LogP) is 5.68. The van der Waals surface area contributed by atoms with Gasteiger partial charge in [-0.2, -0.15) is 26.6 Å². The molecule has 0 saturated carbocycles. The summed E-state index contributed by atoms with van der Waals surface area (Å²) >= 11 is 0. The zero-order valence-corrected chi connectivity index (χ0v) is 26.0.